The van der Waals surface area contributed by atoms with Gasteiger partial charge >= 0.3 is 0 Å². The van der Waals surface area contributed by atoms with E-state index in [2.05, 4.69) is 60.7 Å². The Hall–Kier alpha value is -0.380. The number of halogens is 1. The minimum atomic E-state index is 0. The number of nitrogens with one attached hydrogen (secondary N) is 2. The monoisotopic (exact) mass is 494 g/mol. The summed E-state index contributed by atoms with van der Waals surface area (Å²) >= 11 is 1.80. The topological polar surface area (TPSA) is 48.9 Å². The van der Waals surface area contributed by atoms with Crippen LogP contribution in [0.25, 0.3) is 0 Å². The lowest BCUT2D eigenvalue weighted by molar-refractivity contribution is -0.0284. The van der Waals surface area contributed by atoms with Crippen LogP contribution < -0.4 is 10.6 Å². The molecular weight excluding hydrogens is 459 g/mol. The van der Waals surface area contributed by atoms with E-state index >= 15 is 0 Å². The first-order valence-electron chi connectivity index (χ1n) is 9.48. The molecule has 0 saturated carbocycles. The highest BCUT2D eigenvalue weighted by Gasteiger charge is 2.21. The first-order chi connectivity index (χ1) is 12.1. The molecule has 2 N–H and O–H groups in total. The first-order valence-corrected chi connectivity index (χ1v) is 10.4. The number of hydrogen-bond acceptors (Lipinski definition) is 4. The van der Waals surface area contributed by atoms with Crippen molar-refractivity contribution in [1.29, 1.82) is 0 Å². The van der Waals surface area contributed by atoms with Crippen molar-refractivity contribution in [2.75, 3.05) is 45.9 Å². The molecular formula is C19H35IN4OS. The molecule has 2 heterocycles. The fourth-order valence-electron chi connectivity index (χ4n) is 3.03. The molecule has 0 aromatic carbocycles. The number of morpholine rings is 1. The molecule has 26 heavy (non-hydrogen) atoms. The van der Waals surface area contributed by atoms with Gasteiger partial charge in [-0.05, 0) is 24.3 Å². The predicted molar refractivity (Wildman–Crippen MR) is 123 cm³/mol. The summed E-state index contributed by atoms with van der Waals surface area (Å²) in [5.41, 5.74) is 0. The number of hydrogen-bond donors (Lipinski definition) is 2. The quantitative estimate of drug-likeness (QED) is 0.331. The van der Waals surface area contributed by atoms with E-state index < -0.39 is 0 Å². The third-order valence-corrected chi connectivity index (χ3v) is 5.34. The third-order valence-electron chi connectivity index (χ3n) is 4.24. The van der Waals surface area contributed by atoms with Gasteiger partial charge in [-0.15, -0.1) is 35.3 Å². The molecule has 0 spiro atoms. The molecule has 150 valence electrons. The molecule has 0 bridgehead atoms. The molecule has 1 saturated heterocycles. The van der Waals surface area contributed by atoms with Crippen molar-refractivity contribution in [3.05, 3.63) is 22.4 Å². The number of thiophene rings is 1. The van der Waals surface area contributed by atoms with Crippen LogP contribution in [0.3, 0.4) is 0 Å². The van der Waals surface area contributed by atoms with Crippen molar-refractivity contribution in [3.63, 3.8) is 0 Å². The normalized spacial score (nSPS) is 19.9. The van der Waals surface area contributed by atoms with Crippen LogP contribution in [-0.4, -0.2) is 62.8 Å². The van der Waals surface area contributed by atoms with Crippen LogP contribution in [0.5, 0.6) is 0 Å². The summed E-state index contributed by atoms with van der Waals surface area (Å²) in [6, 6.07) is 4.29. The number of aliphatic imine (C=N–C) groups is 1. The van der Waals surface area contributed by atoms with Gasteiger partial charge in [-0.3, -0.25) is 9.89 Å². The Kier molecular flexibility index (Phi) is 11.7. The van der Waals surface area contributed by atoms with E-state index in [-0.39, 0.29) is 30.1 Å². The highest BCUT2D eigenvalue weighted by atomic mass is 127. The van der Waals surface area contributed by atoms with Crippen LogP contribution >= 0.6 is 35.3 Å². The molecule has 2 unspecified atom stereocenters. The Balaban J connectivity index is 0.00000338. The Bertz CT molecular complexity index is 510. The number of rotatable bonds is 8. The Labute approximate surface area is 180 Å². The third kappa shape index (κ3) is 8.54. The van der Waals surface area contributed by atoms with Gasteiger partial charge in [-0.1, -0.05) is 26.8 Å². The van der Waals surface area contributed by atoms with Crippen LogP contribution in [0, 0.1) is 5.92 Å². The smallest absolute Gasteiger partial charge is 0.191 e. The van der Waals surface area contributed by atoms with Gasteiger partial charge in [0.2, 0.25) is 0 Å². The molecule has 0 amide bonds. The van der Waals surface area contributed by atoms with Crippen molar-refractivity contribution in [3.8, 4) is 0 Å². The van der Waals surface area contributed by atoms with Crippen LogP contribution in [0.1, 0.15) is 38.5 Å². The lowest BCUT2D eigenvalue weighted by Gasteiger charge is -2.34. The van der Waals surface area contributed by atoms with E-state index in [0.29, 0.717) is 11.8 Å². The van der Waals surface area contributed by atoms with Crippen LogP contribution in [0.4, 0.5) is 0 Å². The fourth-order valence-corrected chi connectivity index (χ4v) is 3.81. The predicted octanol–water partition coefficient (Wildman–Crippen LogP) is 3.38. The second-order valence-corrected chi connectivity index (χ2v) is 8.14. The molecule has 1 aliphatic rings. The average Bonchev–Trinajstić information content (AvgIpc) is 3.11. The van der Waals surface area contributed by atoms with Crippen molar-refractivity contribution in [2.45, 2.75) is 39.7 Å². The lowest BCUT2D eigenvalue weighted by atomic mass is 10.1. The zero-order chi connectivity index (χ0) is 18.1. The molecule has 0 radical (unpaired) electrons. The van der Waals surface area contributed by atoms with Crippen molar-refractivity contribution < 1.29 is 4.74 Å². The van der Waals surface area contributed by atoms with Crippen LogP contribution in [0.15, 0.2) is 22.5 Å². The maximum atomic E-state index is 5.92. The number of guanidine groups is 1. The summed E-state index contributed by atoms with van der Waals surface area (Å²) in [4.78, 5) is 8.64. The fraction of sp³-hybridized carbons (Fsp3) is 0.737. The Morgan fingerprint density at radius 1 is 1.38 bits per heavy atom. The molecule has 1 fully saturated rings. The van der Waals surface area contributed by atoms with Gasteiger partial charge in [0.05, 0.1) is 19.3 Å². The van der Waals surface area contributed by atoms with Gasteiger partial charge in [0.1, 0.15) is 0 Å². The van der Waals surface area contributed by atoms with Gasteiger partial charge in [0.25, 0.3) is 0 Å². The number of nitrogens with zero attached hydrogens (tertiary/aromatic N) is 2. The van der Waals surface area contributed by atoms with Gasteiger partial charge in [0.15, 0.2) is 5.96 Å². The summed E-state index contributed by atoms with van der Waals surface area (Å²) in [5.74, 6) is 2.03. The van der Waals surface area contributed by atoms with E-state index in [4.69, 9.17) is 9.73 Å². The summed E-state index contributed by atoms with van der Waals surface area (Å²) in [6.07, 6.45) is 0.228. The standard InChI is InChI=1S/C19H34N4OS.HI/c1-5-20-19(21-11-16(4)18-7-6-10-25-18)22-12-17-14-23(8-9-24-17)13-15(2)3;/h6-7,10,15-17H,5,8-9,11-14H2,1-4H3,(H2,20,21,22);1H. The van der Waals surface area contributed by atoms with Gasteiger partial charge in [-0.25, -0.2) is 0 Å². The second kappa shape index (κ2) is 12.9. The molecule has 1 aromatic rings. The van der Waals surface area contributed by atoms with E-state index in [0.717, 1.165) is 51.8 Å². The van der Waals surface area contributed by atoms with E-state index in [9.17, 15) is 0 Å². The highest BCUT2D eigenvalue weighted by molar-refractivity contribution is 14.0. The van der Waals surface area contributed by atoms with Crippen LogP contribution in [0.2, 0.25) is 0 Å². The maximum Gasteiger partial charge on any atom is 0.191 e. The molecule has 7 heteroatoms. The van der Waals surface area contributed by atoms with E-state index in [1.807, 2.05) is 0 Å². The maximum absolute atomic E-state index is 5.92. The number of ether oxygens (including phenoxy) is 1. The molecule has 5 nitrogen and oxygen atoms in total. The summed E-state index contributed by atoms with van der Waals surface area (Å²) in [6.45, 7) is 15.3. The molecule has 1 aromatic heterocycles. The summed E-state index contributed by atoms with van der Waals surface area (Å²) in [7, 11) is 0. The first kappa shape index (κ1) is 23.7. The van der Waals surface area contributed by atoms with Crippen molar-refractivity contribution in [2.24, 2.45) is 10.9 Å². The van der Waals surface area contributed by atoms with Crippen molar-refractivity contribution >= 4 is 41.3 Å². The zero-order valence-corrected chi connectivity index (χ0v) is 19.7. The van der Waals surface area contributed by atoms with E-state index in [1.54, 1.807) is 11.3 Å². The van der Waals surface area contributed by atoms with Crippen molar-refractivity contribution in [1.82, 2.24) is 15.5 Å². The Morgan fingerprint density at radius 3 is 2.85 bits per heavy atom. The lowest BCUT2D eigenvalue weighted by Crippen LogP contribution is -2.50. The average molecular weight is 494 g/mol. The van der Waals surface area contributed by atoms with Gasteiger partial charge in [0, 0.05) is 43.5 Å². The minimum absolute atomic E-state index is 0. The van der Waals surface area contributed by atoms with Gasteiger partial charge in [-0.2, -0.15) is 0 Å². The molecule has 1 aliphatic heterocycles. The molecule has 2 rings (SSSR count). The van der Waals surface area contributed by atoms with E-state index in [1.165, 1.54) is 4.88 Å². The molecule has 0 aliphatic carbocycles. The highest BCUT2D eigenvalue weighted by Crippen LogP contribution is 2.20. The van der Waals surface area contributed by atoms with Gasteiger partial charge < -0.3 is 15.4 Å². The summed E-state index contributed by atoms with van der Waals surface area (Å²) < 4.78 is 5.92. The second-order valence-electron chi connectivity index (χ2n) is 7.16. The minimum Gasteiger partial charge on any atom is -0.374 e. The zero-order valence-electron chi connectivity index (χ0n) is 16.5. The Morgan fingerprint density at radius 2 is 2.19 bits per heavy atom. The largest absolute Gasteiger partial charge is 0.374 e. The molecule has 2 atom stereocenters. The van der Waals surface area contributed by atoms with Crippen LogP contribution in [-0.2, 0) is 4.74 Å². The SMILES string of the molecule is CCNC(=NCC(C)c1cccs1)NCC1CN(CC(C)C)CCO1.I. The summed E-state index contributed by atoms with van der Waals surface area (Å²) in [5, 5.41) is 8.92.